The highest BCUT2D eigenvalue weighted by Crippen LogP contribution is 2.30. The summed E-state index contributed by atoms with van der Waals surface area (Å²) < 4.78 is 0. The van der Waals surface area contributed by atoms with Crippen molar-refractivity contribution in [1.82, 2.24) is 5.32 Å². The highest BCUT2D eigenvalue weighted by atomic mass is 15.2. The Bertz CT molecular complexity index is 464. The maximum Gasteiger partial charge on any atom is 0.0969 e. The Hall–Kier alpha value is -1.53. The molecule has 3 nitrogen and oxygen atoms in total. The number of fused-ring (bicyclic) bond motifs is 1. The summed E-state index contributed by atoms with van der Waals surface area (Å²) in [4.78, 5) is 2.47. The zero-order valence-corrected chi connectivity index (χ0v) is 12.6. The molecule has 1 heterocycles. The van der Waals surface area contributed by atoms with Gasteiger partial charge < -0.3 is 10.2 Å². The minimum atomic E-state index is -0.0313. The van der Waals surface area contributed by atoms with E-state index in [0.29, 0.717) is 6.04 Å². The fourth-order valence-electron chi connectivity index (χ4n) is 2.90. The normalized spacial score (nSPS) is 19.2. The van der Waals surface area contributed by atoms with Crippen LogP contribution >= 0.6 is 0 Å². The first-order valence-corrected chi connectivity index (χ1v) is 7.73. The van der Waals surface area contributed by atoms with Crippen LogP contribution in [-0.2, 0) is 6.42 Å². The number of hydrogen-bond acceptors (Lipinski definition) is 3. The topological polar surface area (TPSA) is 39.1 Å². The van der Waals surface area contributed by atoms with E-state index in [2.05, 4.69) is 54.4 Å². The molecular formula is C17H25N3. The third kappa shape index (κ3) is 3.52. The van der Waals surface area contributed by atoms with Crippen molar-refractivity contribution in [3.05, 3.63) is 29.8 Å². The number of nitrogens with zero attached hydrogens (tertiary/aromatic N) is 2. The molecule has 1 aliphatic heterocycles. The van der Waals surface area contributed by atoms with Crippen molar-refractivity contribution in [3.8, 4) is 6.07 Å². The molecular weight excluding hydrogens is 246 g/mol. The molecule has 2 rings (SSSR count). The molecule has 2 unspecified atom stereocenters. The van der Waals surface area contributed by atoms with Crippen LogP contribution in [0.25, 0.3) is 0 Å². The van der Waals surface area contributed by atoms with Crippen molar-refractivity contribution in [2.75, 3.05) is 18.0 Å². The van der Waals surface area contributed by atoms with Crippen molar-refractivity contribution in [2.45, 2.75) is 51.6 Å². The summed E-state index contributed by atoms with van der Waals surface area (Å²) >= 11 is 0. The number of anilines is 1. The highest BCUT2D eigenvalue weighted by Gasteiger charge is 2.23. The number of nitrogens with one attached hydrogen (secondary N) is 1. The standard InChI is InChI=1S/C17H25N3/c1-3-11-19-16(13-18)10-12-20-14(2)8-9-15-6-4-5-7-17(15)20/h4-7,14,16,19H,3,8-12H2,1-2H3. The molecule has 0 amide bonds. The summed E-state index contributed by atoms with van der Waals surface area (Å²) in [6, 6.07) is 11.6. The van der Waals surface area contributed by atoms with Crippen molar-refractivity contribution < 1.29 is 0 Å². The fraction of sp³-hybridized carbons (Fsp3) is 0.588. The minimum absolute atomic E-state index is 0.0313. The largest absolute Gasteiger partial charge is 0.368 e. The van der Waals surface area contributed by atoms with Crippen LogP contribution in [0.1, 0.15) is 38.7 Å². The monoisotopic (exact) mass is 271 g/mol. The summed E-state index contributed by atoms with van der Waals surface area (Å²) in [5.74, 6) is 0. The molecule has 1 aliphatic rings. The molecule has 0 bridgehead atoms. The Labute approximate surface area is 122 Å². The summed E-state index contributed by atoms with van der Waals surface area (Å²) in [6.07, 6.45) is 4.33. The number of nitriles is 1. The number of para-hydroxylation sites is 1. The Balaban J connectivity index is 2.00. The van der Waals surface area contributed by atoms with Gasteiger partial charge in [-0.15, -0.1) is 0 Å². The lowest BCUT2D eigenvalue weighted by Gasteiger charge is -2.37. The second-order valence-electron chi connectivity index (χ2n) is 5.63. The molecule has 1 aromatic rings. The van der Waals surface area contributed by atoms with Gasteiger partial charge in [0, 0.05) is 18.3 Å². The van der Waals surface area contributed by atoms with E-state index in [1.165, 1.54) is 24.1 Å². The Morgan fingerprint density at radius 1 is 1.45 bits per heavy atom. The molecule has 20 heavy (non-hydrogen) atoms. The Morgan fingerprint density at radius 3 is 3.00 bits per heavy atom. The lowest BCUT2D eigenvalue weighted by Crippen LogP contribution is -2.41. The second-order valence-corrected chi connectivity index (χ2v) is 5.63. The Kier molecular flexibility index (Phi) is 5.43. The lowest BCUT2D eigenvalue weighted by molar-refractivity contribution is 0.510. The van der Waals surface area contributed by atoms with E-state index >= 15 is 0 Å². The van der Waals surface area contributed by atoms with Crippen LogP contribution < -0.4 is 10.2 Å². The Morgan fingerprint density at radius 2 is 2.25 bits per heavy atom. The van der Waals surface area contributed by atoms with E-state index in [0.717, 1.165) is 25.9 Å². The van der Waals surface area contributed by atoms with Crippen LogP contribution in [0.5, 0.6) is 0 Å². The van der Waals surface area contributed by atoms with Gasteiger partial charge in [-0.25, -0.2) is 0 Å². The summed E-state index contributed by atoms with van der Waals surface area (Å²) in [7, 11) is 0. The van der Waals surface area contributed by atoms with E-state index in [-0.39, 0.29) is 6.04 Å². The molecule has 1 aromatic carbocycles. The third-order valence-electron chi connectivity index (χ3n) is 4.12. The number of hydrogen-bond donors (Lipinski definition) is 1. The van der Waals surface area contributed by atoms with Crippen LogP contribution in [0.3, 0.4) is 0 Å². The van der Waals surface area contributed by atoms with Crippen molar-refractivity contribution in [2.24, 2.45) is 0 Å². The maximum atomic E-state index is 9.21. The van der Waals surface area contributed by atoms with Crippen LogP contribution in [0.4, 0.5) is 5.69 Å². The van der Waals surface area contributed by atoms with Crippen molar-refractivity contribution in [1.29, 1.82) is 5.26 Å². The molecule has 0 spiro atoms. The van der Waals surface area contributed by atoms with Gasteiger partial charge in [0.25, 0.3) is 0 Å². The molecule has 0 saturated heterocycles. The third-order valence-corrected chi connectivity index (χ3v) is 4.12. The fourth-order valence-corrected chi connectivity index (χ4v) is 2.90. The molecule has 3 heteroatoms. The summed E-state index contributed by atoms with van der Waals surface area (Å²) in [6.45, 7) is 6.29. The van der Waals surface area contributed by atoms with E-state index < -0.39 is 0 Å². The first kappa shape index (κ1) is 14.9. The molecule has 0 fully saturated rings. The van der Waals surface area contributed by atoms with Gasteiger partial charge in [0.1, 0.15) is 0 Å². The molecule has 108 valence electrons. The molecule has 0 aliphatic carbocycles. The average Bonchev–Trinajstić information content (AvgIpc) is 2.49. The van der Waals surface area contributed by atoms with Gasteiger partial charge >= 0.3 is 0 Å². The van der Waals surface area contributed by atoms with Crippen LogP contribution in [0, 0.1) is 11.3 Å². The first-order chi connectivity index (χ1) is 9.76. The van der Waals surface area contributed by atoms with Gasteiger partial charge in [0.2, 0.25) is 0 Å². The number of aryl methyl sites for hydroxylation is 1. The lowest BCUT2D eigenvalue weighted by atomic mass is 9.96. The summed E-state index contributed by atoms with van der Waals surface area (Å²) in [5.41, 5.74) is 2.80. The predicted molar refractivity (Wildman–Crippen MR) is 83.9 cm³/mol. The van der Waals surface area contributed by atoms with Gasteiger partial charge in [-0.2, -0.15) is 5.26 Å². The summed E-state index contributed by atoms with van der Waals surface area (Å²) in [5, 5.41) is 12.5. The molecule has 0 aromatic heterocycles. The molecule has 0 saturated carbocycles. The zero-order chi connectivity index (χ0) is 14.4. The number of rotatable bonds is 6. The quantitative estimate of drug-likeness (QED) is 0.864. The SMILES string of the molecule is CCCNC(C#N)CCN1c2ccccc2CCC1C. The van der Waals surface area contributed by atoms with Gasteiger partial charge in [0.15, 0.2) is 0 Å². The van der Waals surface area contributed by atoms with E-state index in [9.17, 15) is 5.26 Å². The molecule has 0 radical (unpaired) electrons. The van der Waals surface area contributed by atoms with Gasteiger partial charge in [-0.1, -0.05) is 25.1 Å². The van der Waals surface area contributed by atoms with Gasteiger partial charge in [-0.05, 0) is 50.8 Å². The van der Waals surface area contributed by atoms with Crippen LogP contribution in [0.2, 0.25) is 0 Å². The maximum absolute atomic E-state index is 9.21. The van der Waals surface area contributed by atoms with Crippen molar-refractivity contribution >= 4 is 5.69 Å². The molecule has 2 atom stereocenters. The van der Waals surface area contributed by atoms with E-state index in [1.807, 2.05) is 0 Å². The first-order valence-electron chi connectivity index (χ1n) is 7.73. The second kappa shape index (κ2) is 7.31. The average molecular weight is 271 g/mol. The number of benzene rings is 1. The zero-order valence-electron chi connectivity index (χ0n) is 12.6. The van der Waals surface area contributed by atoms with E-state index in [4.69, 9.17) is 0 Å². The van der Waals surface area contributed by atoms with Crippen LogP contribution in [-0.4, -0.2) is 25.2 Å². The predicted octanol–water partition coefficient (Wildman–Crippen LogP) is 3.11. The van der Waals surface area contributed by atoms with Crippen LogP contribution in [0.15, 0.2) is 24.3 Å². The van der Waals surface area contributed by atoms with Gasteiger partial charge in [0.05, 0.1) is 12.1 Å². The van der Waals surface area contributed by atoms with E-state index in [1.54, 1.807) is 0 Å². The molecule has 1 N–H and O–H groups in total. The smallest absolute Gasteiger partial charge is 0.0969 e. The minimum Gasteiger partial charge on any atom is -0.368 e. The highest BCUT2D eigenvalue weighted by molar-refractivity contribution is 5.56. The van der Waals surface area contributed by atoms with Gasteiger partial charge in [-0.3, -0.25) is 0 Å². The van der Waals surface area contributed by atoms with Crippen molar-refractivity contribution in [3.63, 3.8) is 0 Å².